The molecule has 15 heavy (non-hydrogen) atoms. The van der Waals surface area contributed by atoms with Crippen molar-refractivity contribution < 1.29 is 9.53 Å². The lowest BCUT2D eigenvalue weighted by Crippen LogP contribution is -2.29. The molecule has 1 heterocycles. The number of rotatable bonds is 6. The summed E-state index contributed by atoms with van der Waals surface area (Å²) in [5.41, 5.74) is 0. The van der Waals surface area contributed by atoms with Gasteiger partial charge in [-0.3, -0.25) is 4.79 Å². The molecule has 1 fully saturated rings. The maximum Gasteiger partial charge on any atom is 0.220 e. The zero-order chi connectivity index (χ0) is 10.9. The first kappa shape index (κ1) is 12.8. The average molecular weight is 234 g/mol. The van der Waals surface area contributed by atoms with Crippen molar-refractivity contribution >= 4 is 17.5 Å². The SMILES string of the molecule is O=C(CCCCl)NCCC1CCCCO1. The molecule has 0 spiro atoms. The highest BCUT2D eigenvalue weighted by atomic mass is 35.5. The fraction of sp³-hybridized carbons (Fsp3) is 0.909. The van der Waals surface area contributed by atoms with Crippen molar-refractivity contribution in [2.45, 2.75) is 44.6 Å². The molecule has 1 aliphatic heterocycles. The Balaban J connectivity index is 1.97. The Morgan fingerprint density at radius 2 is 2.33 bits per heavy atom. The van der Waals surface area contributed by atoms with Crippen LogP contribution in [-0.2, 0) is 9.53 Å². The zero-order valence-electron chi connectivity index (χ0n) is 9.14. The van der Waals surface area contributed by atoms with Crippen LogP contribution in [0.3, 0.4) is 0 Å². The molecular weight excluding hydrogens is 214 g/mol. The molecule has 4 heteroatoms. The summed E-state index contributed by atoms with van der Waals surface area (Å²) >= 11 is 5.50. The summed E-state index contributed by atoms with van der Waals surface area (Å²) < 4.78 is 5.57. The van der Waals surface area contributed by atoms with Gasteiger partial charge in [0.05, 0.1) is 6.10 Å². The van der Waals surface area contributed by atoms with Gasteiger partial charge in [-0.05, 0) is 32.1 Å². The predicted octanol–water partition coefficient (Wildman–Crippen LogP) is 2.08. The highest BCUT2D eigenvalue weighted by Crippen LogP contribution is 2.14. The molecule has 3 nitrogen and oxygen atoms in total. The molecule has 1 aliphatic rings. The number of amides is 1. The van der Waals surface area contributed by atoms with E-state index in [0.29, 0.717) is 18.4 Å². The van der Waals surface area contributed by atoms with E-state index in [9.17, 15) is 4.79 Å². The Bertz CT molecular complexity index is 181. The predicted molar refractivity (Wildman–Crippen MR) is 61.2 cm³/mol. The molecule has 88 valence electrons. The molecule has 0 radical (unpaired) electrons. The molecular formula is C11H20ClNO2. The summed E-state index contributed by atoms with van der Waals surface area (Å²) in [7, 11) is 0. The summed E-state index contributed by atoms with van der Waals surface area (Å²) in [4.78, 5) is 11.2. The number of hydrogen-bond donors (Lipinski definition) is 1. The Kier molecular flexibility index (Phi) is 6.77. The quantitative estimate of drug-likeness (QED) is 0.714. The second-order valence-electron chi connectivity index (χ2n) is 3.92. The molecule has 1 rings (SSSR count). The minimum Gasteiger partial charge on any atom is -0.378 e. The third-order valence-corrected chi connectivity index (χ3v) is 2.87. The first-order valence-corrected chi connectivity index (χ1v) is 6.30. The van der Waals surface area contributed by atoms with Gasteiger partial charge in [0.25, 0.3) is 0 Å². The summed E-state index contributed by atoms with van der Waals surface area (Å²) in [6.45, 7) is 1.61. The number of alkyl halides is 1. The summed E-state index contributed by atoms with van der Waals surface area (Å²) in [5, 5.41) is 2.89. The van der Waals surface area contributed by atoms with E-state index < -0.39 is 0 Å². The second-order valence-corrected chi connectivity index (χ2v) is 4.30. The molecule has 0 aromatic rings. The summed E-state index contributed by atoms with van der Waals surface area (Å²) in [6.07, 6.45) is 6.16. The molecule has 1 N–H and O–H groups in total. The van der Waals surface area contributed by atoms with Crippen molar-refractivity contribution in [3.63, 3.8) is 0 Å². The second kappa shape index (κ2) is 7.94. The third kappa shape index (κ3) is 6.00. The number of carbonyl (C=O) groups excluding carboxylic acids is 1. The van der Waals surface area contributed by atoms with E-state index in [1.807, 2.05) is 0 Å². The first-order valence-electron chi connectivity index (χ1n) is 5.77. The van der Waals surface area contributed by atoms with Crippen LogP contribution in [0.4, 0.5) is 0 Å². The van der Waals surface area contributed by atoms with Crippen LogP contribution in [0, 0.1) is 0 Å². The number of ether oxygens (including phenoxy) is 1. The topological polar surface area (TPSA) is 38.3 Å². The maximum absolute atomic E-state index is 11.2. The highest BCUT2D eigenvalue weighted by Gasteiger charge is 2.13. The molecule has 0 aromatic heterocycles. The van der Waals surface area contributed by atoms with Gasteiger partial charge < -0.3 is 10.1 Å². The van der Waals surface area contributed by atoms with Gasteiger partial charge in [-0.2, -0.15) is 0 Å². The maximum atomic E-state index is 11.2. The van der Waals surface area contributed by atoms with Crippen molar-refractivity contribution in [1.82, 2.24) is 5.32 Å². The number of nitrogens with one attached hydrogen (secondary N) is 1. The fourth-order valence-corrected chi connectivity index (χ4v) is 1.86. The molecule has 1 saturated heterocycles. The molecule has 0 aromatic carbocycles. The lowest BCUT2D eigenvalue weighted by atomic mass is 10.1. The standard InChI is InChI=1S/C11H20ClNO2/c12-7-3-5-11(14)13-8-6-10-4-1-2-9-15-10/h10H,1-9H2,(H,13,14). The van der Waals surface area contributed by atoms with E-state index in [1.54, 1.807) is 0 Å². The van der Waals surface area contributed by atoms with Gasteiger partial charge in [-0.1, -0.05) is 0 Å². The lowest BCUT2D eigenvalue weighted by molar-refractivity contribution is -0.121. The van der Waals surface area contributed by atoms with E-state index in [0.717, 1.165) is 32.4 Å². The fourth-order valence-electron chi connectivity index (χ4n) is 1.72. The van der Waals surface area contributed by atoms with E-state index in [4.69, 9.17) is 16.3 Å². The lowest BCUT2D eigenvalue weighted by Gasteiger charge is -2.22. The Hall–Kier alpha value is -0.280. The van der Waals surface area contributed by atoms with Crippen molar-refractivity contribution in [3.05, 3.63) is 0 Å². The van der Waals surface area contributed by atoms with Crippen LogP contribution < -0.4 is 5.32 Å². The molecule has 0 saturated carbocycles. The van der Waals surface area contributed by atoms with Crippen LogP contribution in [0.15, 0.2) is 0 Å². The Morgan fingerprint density at radius 1 is 1.47 bits per heavy atom. The van der Waals surface area contributed by atoms with Crippen LogP contribution >= 0.6 is 11.6 Å². The third-order valence-electron chi connectivity index (χ3n) is 2.60. The molecule has 1 atom stereocenters. The van der Waals surface area contributed by atoms with Crippen LogP contribution in [0.5, 0.6) is 0 Å². The Morgan fingerprint density at radius 3 is 3.00 bits per heavy atom. The van der Waals surface area contributed by atoms with E-state index in [1.165, 1.54) is 12.8 Å². The normalized spacial score (nSPS) is 21.3. The average Bonchev–Trinajstić information content (AvgIpc) is 2.28. The van der Waals surface area contributed by atoms with Gasteiger partial charge in [-0.15, -0.1) is 11.6 Å². The van der Waals surface area contributed by atoms with Gasteiger partial charge in [0.15, 0.2) is 0 Å². The monoisotopic (exact) mass is 233 g/mol. The Labute approximate surface area is 96.5 Å². The smallest absolute Gasteiger partial charge is 0.220 e. The van der Waals surface area contributed by atoms with Crippen molar-refractivity contribution in [2.75, 3.05) is 19.0 Å². The molecule has 0 bridgehead atoms. The molecule has 1 amide bonds. The summed E-state index contributed by atoms with van der Waals surface area (Å²) in [5.74, 6) is 0.658. The number of halogens is 1. The highest BCUT2D eigenvalue weighted by molar-refractivity contribution is 6.17. The van der Waals surface area contributed by atoms with Gasteiger partial charge in [0.2, 0.25) is 5.91 Å². The zero-order valence-corrected chi connectivity index (χ0v) is 9.89. The van der Waals surface area contributed by atoms with Gasteiger partial charge >= 0.3 is 0 Å². The summed E-state index contributed by atoms with van der Waals surface area (Å²) in [6, 6.07) is 0. The minimum absolute atomic E-state index is 0.103. The van der Waals surface area contributed by atoms with Crippen molar-refractivity contribution in [2.24, 2.45) is 0 Å². The minimum atomic E-state index is 0.103. The van der Waals surface area contributed by atoms with Crippen LogP contribution in [0.2, 0.25) is 0 Å². The van der Waals surface area contributed by atoms with E-state index in [2.05, 4.69) is 5.32 Å². The van der Waals surface area contributed by atoms with Gasteiger partial charge in [0.1, 0.15) is 0 Å². The van der Waals surface area contributed by atoms with Crippen LogP contribution in [-0.4, -0.2) is 31.0 Å². The van der Waals surface area contributed by atoms with Gasteiger partial charge in [0, 0.05) is 25.5 Å². The largest absolute Gasteiger partial charge is 0.378 e. The number of hydrogen-bond acceptors (Lipinski definition) is 2. The first-order chi connectivity index (χ1) is 7.33. The van der Waals surface area contributed by atoms with Crippen molar-refractivity contribution in [3.8, 4) is 0 Å². The van der Waals surface area contributed by atoms with E-state index >= 15 is 0 Å². The molecule has 1 unspecified atom stereocenters. The van der Waals surface area contributed by atoms with Crippen molar-refractivity contribution in [1.29, 1.82) is 0 Å². The van der Waals surface area contributed by atoms with Crippen LogP contribution in [0.1, 0.15) is 38.5 Å². The van der Waals surface area contributed by atoms with E-state index in [-0.39, 0.29) is 5.91 Å². The number of carbonyl (C=O) groups is 1. The molecule has 0 aliphatic carbocycles. The van der Waals surface area contributed by atoms with Gasteiger partial charge in [-0.25, -0.2) is 0 Å². The van der Waals surface area contributed by atoms with Crippen LogP contribution in [0.25, 0.3) is 0 Å².